The first-order valence-corrected chi connectivity index (χ1v) is 6.30. The first-order valence-electron chi connectivity index (χ1n) is 5.22. The van der Waals surface area contributed by atoms with Gasteiger partial charge < -0.3 is 9.84 Å². The molecule has 0 saturated heterocycles. The monoisotopic (exact) mass is 341 g/mol. The number of hydrogen-bond donors (Lipinski definition) is 1. The maximum Gasteiger partial charge on any atom is 0.219 e. The smallest absolute Gasteiger partial charge is 0.219 e. The van der Waals surface area contributed by atoms with Crippen molar-refractivity contribution < 1.29 is 9.84 Å². The summed E-state index contributed by atoms with van der Waals surface area (Å²) in [5.74, 6) is 1.23. The lowest BCUT2D eigenvalue weighted by Crippen LogP contribution is -1.94. The summed E-state index contributed by atoms with van der Waals surface area (Å²) in [4.78, 5) is 4.10. The lowest BCUT2D eigenvalue weighted by atomic mass is 10.2. The van der Waals surface area contributed by atoms with E-state index < -0.39 is 6.10 Å². The number of aliphatic hydroxyl groups is 1. The molecule has 2 rings (SSSR count). The molecule has 0 radical (unpaired) electrons. The fourth-order valence-electron chi connectivity index (χ4n) is 1.36. The molecule has 0 aliphatic rings. The van der Waals surface area contributed by atoms with Gasteiger partial charge in [-0.2, -0.15) is 0 Å². The lowest BCUT2D eigenvalue weighted by Gasteiger charge is -2.08. The second kappa shape index (κ2) is 5.46. The van der Waals surface area contributed by atoms with Crippen molar-refractivity contribution in [2.24, 2.45) is 0 Å². The molecule has 2 aromatic rings. The minimum Gasteiger partial charge on any atom is -0.439 e. The number of hydrogen-bond acceptors (Lipinski definition) is 3. The van der Waals surface area contributed by atoms with E-state index in [2.05, 4.69) is 27.6 Å². The number of ether oxygens (including phenoxy) is 1. The van der Waals surface area contributed by atoms with Crippen LogP contribution >= 0.6 is 22.6 Å². The maximum atomic E-state index is 9.47. The minimum atomic E-state index is -0.517. The van der Waals surface area contributed by atoms with Gasteiger partial charge >= 0.3 is 0 Å². The lowest BCUT2D eigenvalue weighted by molar-refractivity contribution is 0.198. The number of aromatic nitrogens is 1. The molecule has 0 unspecified atom stereocenters. The van der Waals surface area contributed by atoms with Gasteiger partial charge in [0.1, 0.15) is 5.75 Å². The molecule has 1 aromatic carbocycles. The van der Waals surface area contributed by atoms with Crippen LogP contribution in [-0.4, -0.2) is 10.1 Å². The van der Waals surface area contributed by atoms with Gasteiger partial charge in [-0.05, 0) is 65.4 Å². The van der Waals surface area contributed by atoms with Crippen LogP contribution in [0.25, 0.3) is 0 Å². The van der Waals surface area contributed by atoms with E-state index in [0.717, 1.165) is 14.9 Å². The molecular formula is C13H12INO2. The molecule has 0 aliphatic carbocycles. The van der Waals surface area contributed by atoms with Gasteiger partial charge in [-0.1, -0.05) is 0 Å². The Morgan fingerprint density at radius 2 is 1.94 bits per heavy atom. The first-order chi connectivity index (χ1) is 8.15. The number of nitrogens with zero attached hydrogens (tertiary/aromatic N) is 1. The van der Waals surface area contributed by atoms with E-state index >= 15 is 0 Å². The average molecular weight is 341 g/mol. The highest BCUT2D eigenvalue weighted by atomic mass is 127. The van der Waals surface area contributed by atoms with Crippen LogP contribution in [0.3, 0.4) is 0 Å². The van der Waals surface area contributed by atoms with Crippen molar-refractivity contribution in [1.29, 1.82) is 0 Å². The van der Waals surface area contributed by atoms with E-state index in [1.54, 1.807) is 25.3 Å². The Morgan fingerprint density at radius 1 is 1.24 bits per heavy atom. The molecule has 0 bridgehead atoms. The number of benzene rings is 1. The fraction of sp³-hybridized carbons (Fsp3) is 0.154. The summed E-state index contributed by atoms with van der Waals surface area (Å²) in [5, 5.41) is 9.47. The predicted octanol–water partition coefficient (Wildman–Crippen LogP) is 3.53. The zero-order chi connectivity index (χ0) is 12.3. The Morgan fingerprint density at radius 3 is 2.59 bits per heavy atom. The van der Waals surface area contributed by atoms with Crippen LogP contribution in [0.4, 0.5) is 0 Å². The van der Waals surface area contributed by atoms with Crippen LogP contribution in [0, 0.1) is 3.57 Å². The maximum absolute atomic E-state index is 9.47. The standard InChI is InChI=1S/C13H12INO2/c1-9(16)10-6-7-15-13(8-10)17-12-4-2-11(14)3-5-12/h2-9,16H,1H3/t9-/m0/s1. The second-order valence-corrected chi connectivity index (χ2v) is 4.91. The minimum absolute atomic E-state index is 0.490. The van der Waals surface area contributed by atoms with Gasteiger partial charge in [0, 0.05) is 15.8 Å². The van der Waals surface area contributed by atoms with Crippen LogP contribution in [0.2, 0.25) is 0 Å². The topological polar surface area (TPSA) is 42.4 Å². The fourth-order valence-corrected chi connectivity index (χ4v) is 1.72. The molecule has 3 nitrogen and oxygen atoms in total. The summed E-state index contributed by atoms with van der Waals surface area (Å²) in [6, 6.07) is 11.2. The van der Waals surface area contributed by atoms with Gasteiger partial charge in [0.2, 0.25) is 5.88 Å². The highest BCUT2D eigenvalue weighted by Gasteiger charge is 2.04. The predicted molar refractivity (Wildman–Crippen MR) is 74.1 cm³/mol. The molecule has 4 heteroatoms. The second-order valence-electron chi connectivity index (χ2n) is 3.66. The zero-order valence-corrected chi connectivity index (χ0v) is 11.5. The molecule has 1 heterocycles. The van der Waals surface area contributed by atoms with Crippen LogP contribution in [0.1, 0.15) is 18.6 Å². The molecule has 1 atom stereocenters. The van der Waals surface area contributed by atoms with Crippen LogP contribution in [-0.2, 0) is 0 Å². The van der Waals surface area contributed by atoms with E-state index in [1.165, 1.54) is 0 Å². The quantitative estimate of drug-likeness (QED) is 0.869. The molecular weight excluding hydrogens is 329 g/mol. The van der Waals surface area contributed by atoms with Crippen molar-refractivity contribution in [3.05, 3.63) is 51.7 Å². The molecule has 0 spiro atoms. The molecule has 1 aromatic heterocycles. The van der Waals surface area contributed by atoms with E-state index in [1.807, 2.05) is 24.3 Å². The van der Waals surface area contributed by atoms with Gasteiger partial charge in [0.05, 0.1) is 6.10 Å². The van der Waals surface area contributed by atoms with Gasteiger partial charge in [-0.3, -0.25) is 0 Å². The highest BCUT2D eigenvalue weighted by molar-refractivity contribution is 14.1. The van der Waals surface area contributed by atoms with Gasteiger partial charge in [-0.25, -0.2) is 4.98 Å². The van der Waals surface area contributed by atoms with E-state index in [9.17, 15) is 5.11 Å². The summed E-state index contributed by atoms with van der Waals surface area (Å²) in [7, 11) is 0. The molecule has 88 valence electrons. The van der Waals surface area contributed by atoms with Crippen molar-refractivity contribution in [1.82, 2.24) is 4.98 Å². The number of pyridine rings is 1. The third-order valence-electron chi connectivity index (χ3n) is 2.28. The summed E-state index contributed by atoms with van der Waals surface area (Å²) in [6.45, 7) is 1.71. The molecule has 17 heavy (non-hydrogen) atoms. The average Bonchev–Trinajstić information content (AvgIpc) is 2.32. The SMILES string of the molecule is C[C@H](O)c1ccnc(Oc2ccc(I)cc2)c1. The third kappa shape index (κ3) is 3.41. The number of rotatable bonds is 3. The summed E-state index contributed by atoms with van der Waals surface area (Å²) in [6.07, 6.45) is 1.11. The summed E-state index contributed by atoms with van der Waals surface area (Å²) in [5.41, 5.74) is 0.792. The Balaban J connectivity index is 2.18. The van der Waals surface area contributed by atoms with E-state index in [0.29, 0.717) is 5.88 Å². The first kappa shape index (κ1) is 12.3. The molecule has 1 N–H and O–H groups in total. The van der Waals surface area contributed by atoms with E-state index in [4.69, 9.17) is 4.74 Å². The highest BCUT2D eigenvalue weighted by Crippen LogP contribution is 2.22. The van der Waals surface area contributed by atoms with Gasteiger partial charge in [0.25, 0.3) is 0 Å². The van der Waals surface area contributed by atoms with Crippen LogP contribution < -0.4 is 4.74 Å². The van der Waals surface area contributed by atoms with Crippen molar-refractivity contribution in [2.45, 2.75) is 13.0 Å². The summed E-state index contributed by atoms with van der Waals surface area (Å²) < 4.78 is 6.75. The van der Waals surface area contributed by atoms with Crippen molar-refractivity contribution in [3.8, 4) is 11.6 Å². The Kier molecular flexibility index (Phi) is 3.96. The number of aliphatic hydroxyl groups excluding tert-OH is 1. The van der Waals surface area contributed by atoms with Gasteiger partial charge in [0.15, 0.2) is 0 Å². The van der Waals surface area contributed by atoms with Crippen molar-refractivity contribution in [2.75, 3.05) is 0 Å². The molecule has 0 saturated carbocycles. The molecule has 0 fully saturated rings. The Labute approximate surface area is 114 Å². The van der Waals surface area contributed by atoms with Crippen molar-refractivity contribution >= 4 is 22.6 Å². The summed E-state index contributed by atoms with van der Waals surface area (Å²) >= 11 is 2.24. The Bertz CT molecular complexity index is 497. The molecule has 0 aliphatic heterocycles. The number of halogens is 1. The molecule has 0 amide bonds. The zero-order valence-electron chi connectivity index (χ0n) is 9.30. The van der Waals surface area contributed by atoms with Crippen LogP contribution in [0.5, 0.6) is 11.6 Å². The largest absolute Gasteiger partial charge is 0.439 e. The Hall–Kier alpha value is -1.14. The van der Waals surface area contributed by atoms with Gasteiger partial charge in [-0.15, -0.1) is 0 Å². The normalized spacial score (nSPS) is 12.2. The van der Waals surface area contributed by atoms with Crippen LogP contribution in [0.15, 0.2) is 42.6 Å². The third-order valence-corrected chi connectivity index (χ3v) is 3.00. The van der Waals surface area contributed by atoms with Crippen molar-refractivity contribution in [3.63, 3.8) is 0 Å². The van der Waals surface area contributed by atoms with E-state index in [-0.39, 0.29) is 0 Å².